The number of thiazole rings is 1. The van der Waals surface area contributed by atoms with Gasteiger partial charge in [-0.05, 0) is 27.2 Å². The number of rotatable bonds is 7. The minimum atomic E-state index is 0.355. The Kier molecular flexibility index (Phi) is 6.09. The van der Waals surface area contributed by atoms with Crippen LogP contribution in [0.1, 0.15) is 48.3 Å². The molecule has 17 heavy (non-hydrogen) atoms. The van der Waals surface area contributed by atoms with Crippen LogP contribution >= 0.6 is 11.3 Å². The summed E-state index contributed by atoms with van der Waals surface area (Å²) in [5.41, 5.74) is 1.15. The Bertz CT molecular complexity index is 332. The highest BCUT2D eigenvalue weighted by Gasteiger charge is 2.16. The molecule has 2 atom stereocenters. The van der Waals surface area contributed by atoms with E-state index in [4.69, 9.17) is 4.74 Å². The van der Waals surface area contributed by atoms with Gasteiger partial charge in [0.25, 0.3) is 0 Å². The predicted octanol–water partition coefficient (Wildman–Crippen LogP) is 3.23. The molecule has 0 bridgehead atoms. The number of hydrogen-bond acceptors (Lipinski definition) is 4. The summed E-state index contributed by atoms with van der Waals surface area (Å²) in [5, 5.41) is 4.78. The third kappa shape index (κ3) is 4.37. The van der Waals surface area contributed by atoms with Gasteiger partial charge in [0.05, 0.1) is 17.3 Å². The average molecular weight is 256 g/mol. The van der Waals surface area contributed by atoms with Crippen molar-refractivity contribution < 1.29 is 4.74 Å². The molecule has 0 fully saturated rings. The topological polar surface area (TPSA) is 34.1 Å². The molecular formula is C13H24N2OS. The van der Waals surface area contributed by atoms with Gasteiger partial charge in [-0.15, -0.1) is 11.3 Å². The van der Waals surface area contributed by atoms with Gasteiger partial charge in [0, 0.05) is 24.1 Å². The van der Waals surface area contributed by atoms with E-state index in [1.54, 1.807) is 18.4 Å². The Morgan fingerprint density at radius 1 is 1.41 bits per heavy atom. The molecule has 0 aliphatic heterocycles. The molecule has 4 heteroatoms. The summed E-state index contributed by atoms with van der Waals surface area (Å²) in [4.78, 5) is 5.83. The summed E-state index contributed by atoms with van der Waals surface area (Å²) in [6.07, 6.45) is 2.32. The summed E-state index contributed by atoms with van der Waals surface area (Å²) in [6, 6.07) is 0.787. The first-order chi connectivity index (χ1) is 8.08. The van der Waals surface area contributed by atoms with Crippen LogP contribution in [-0.4, -0.2) is 24.7 Å². The van der Waals surface area contributed by atoms with E-state index < -0.39 is 0 Å². The molecule has 0 spiro atoms. The molecule has 0 aromatic carbocycles. The van der Waals surface area contributed by atoms with Crippen LogP contribution in [0.15, 0.2) is 0 Å². The van der Waals surface area contributed by atoms with Crippen molar-refractivity contribution in [2.45, 2.75) is 52.6 Å². The number of aryl methyl sites for hydroxylation is 2. The standard InChI is InChI=1S/C13H24N2OS/c1-6-7-12(8-16-5)15-10(3)13-9(2)14-11(4)17-13/h10,12,15H,6-8H2,1-5H3. The smallest absolute Gasteiger partial charge is 0.0900 e. The zero-order chi connectivity index (χ0) is 12.8. The second-order valence-electron chi connectivity index (χ2n) is 4.51. The zero-order valence-corrected chi connectivity index (χ0v) is 12.4. The predicted molar refractivity (Wildman–Crippen MR) is 73.7 cm³/mol. The highest BCUT2D eigenvalue weighted by Crippen LogP contribution is 2.25. The lowest BCUT2D eigenvalue weighted by atomic mass is 10.1. The van der Waals surface area contributed by atoms with E-state index in [2.05, 4.69) is 38.0 Å². The van der Waals surface area contributed by atoms with E-state index in [0.29, 0.717) is 12.1 Å². The van der Waals surface area contributed by atoms with Crippen molar-refractivity contribution in [1.82, 2.24) is 10.3 Å². The third-order valence-corrected chi connectivity index (χ3v) is 4.08. The number of nitrogens with one attached hydrogen (secondary N) is 1. The van der Waals surface area contributed by atoms with Crippen LogP contribution in [-0.2, 0) is 4.74 Å². The molecule has 0 radical (unpaired) electrons. The average Bonchev–Trinajstić information content (AvgIpc) is 2.58. The third-order valence-electron chi connectivity index (χ3n) is 2.82. The lowest BCUT2D eigenvalue weighted by Crippen LogP contribution is -2.35. The maximum atomic E-state index is 5.25. The Morgan fingerprint density at radius 2 is 2.12 bits per heavy atom. The van der Waals surface area contributed by atoms with Gasteiger partial charge in [-0.3, -0.25) is 0 Å². The van der Waals surface area contributed by atoms with E-state index in [-0.39, 0.29) is 0 Å². The fraction of sp³-hybridized carbons (Fsp3) is 0.769. The summed E-state index contributed by atoms with van der Waals surface area (Å²) < 4.78 is 5.25. The van der Waals surface area contributed by atoms with Gasteiger partial charge in [-0.2, -0.15) is 0 Å². The summed E-state index contributed by atoms with van der Waals surface area (Å²) in [5.74, 6) is 0. The highest BCUT2D eigenvalue weighted by atomic mass is 32.1. The number of ether oxygens (including phenoxy) is 1. The quantitative estimate of drug-likeness (QED) is 0.813. The lowest BCUT2D eigenvalue weighted by Gasteiger charge is -2.22. The Balaban J connectivity index is 2.62. The van der Waals surface area contributed by atoms with Crippen molar-refractivity contribution >= 4 is 11.3 Å². The van der Waals surface area contributed by atoms with Gasteiger partial charge < -0.3 is 10.1 Å². The van der Waals surface area contributed by atoms with Gasteiger partial charge in [0.15, 0.2) is 0 Å². The van der Waals surface area contributed by atoms with Gasteiger partial charge in [0.1, 0.15) is 0 Å². The molecule has 0 aliphatic rings. The van der Waals surface area contributed by atoms with Gasteiger partial charge in [-0.25, -0.2) is 4.98 Å². The van der Waals surface area contributed by atoms with Crippen LogP contribution in [0, 0.1) is 13.8 Å². The van der Waals surface area contributed by atoms with Crippen LogP contribution in [0.25, 0.3) is 0 Å². The number of methoxy groups -OCH3 is 1. The van der Waals surface area contributed by atoms with E-state index in [0.717, 1.165) is 23.7 Å². The largest absolute Gasteiger partial charge is 0.383 e. The van der Waals surface area contributed by atoms with Crippen molar-refractivity contribution in [1.29, 1.82) is 0 Å². The Hall–Kier alpha value is -0.450. The van der Waals surface area contributed by atoms with Crippen molar-refractivity contribution in [3.63, 3.8) is 0 Å². The molecule has 1 aromatic heterocycles. The molecule has 0 aliphatic carbocycles. The number of hydrogen-bond donors (Lipinski definition) is 1. The molecule has 1 N–H and O–H groups in total. The van der Waals surface area contributed by atoms with Gasteiger partial charge >= 0.3 is 0 Å². The first-order valence-electron chi connectivity index (χ1n) is 6.27. The minimum absolute atomic E-state index is 0.355. The van der Waals surface area contributed by atoms with Crippen LogP contribution in [0.4, 0.5) is 0 Å². The van der Waals surface area contributed by atoms with E-state index >= 15 is 0 Å². The van der Waals surface area contributed by atoms with Crippen molar-refractivity contribution in [3.8, 4) is 0 Å². The maximum absolute atomic E-state index is 5.25. The molecule has 3 nitrogen and oxygen atoms in total. The van der Waals surface area contributed by atoms with Crippen LogP contribution in [0.5, 0.6) is 0 Å². The summed E-state index contributed by atoms with van der Waals surface area (Å²) >= 11 is 1.79. The molecule has 2 unspecified atom stereocenters. The minimum Gasteiger partial charge on any atom is -0.383 e. The van der Waals surface area contributed by atoms with Crippen molar-refractivity contribution in [2.75, 3.05) is 13.7 Å². The Labute approximate surface area is 109 Å². The van der Waals surface area contributed by atoms with Crippen LogP contribution in [0.2, 0.25) is 0 Å². The first kappa shape index (κ1) is 14.6. The van der Waals surface area contributed by atoms with Crippen LogP contribution < -0.4 is 5.32 Å². The molecule has 0 saturated heterocycles. The number of aromatic nitrogens is 1. The van der Waals surface area contributed by atoms with E-state index in [1.165, 1.54) is 11.3 Å². The monoisotopic (exact) mass is 256 g/mol. The van der Waals surface area contributed by atoms with Gasteiger partial charge in [-0.1, -0.05) is 13.3 Å². The summed E-state index contributed by atoms with van der Waals surface area (Å²) in [7, 11) is 1.76. The molecule has 0 saturated carbocycles. The second-order valence-corrected chi connectivity index (χ2v) is 5.75. The molecule has 0 amide bonds. The molecule has 1 heterocycles. The molecule has 1 rings (SSSR count). The van der Waals surface area contributed by atoms with E-state index in [9.17, 15) is 0 Å². The maximum Gasteiger partial charge on any atom is 0.0900 e. The fourth-order valence-electron chi connectivity index (χ4n) is 2.14. The molecule has 1 aromatic rings. The second kappa shape index (κ2) is 7.09. The normalized spacial score (nSPS) is 14.9. The van der Waals surface area contributed by atoms with Crippen molar-refractivity contribution in [3.05, 3.63) is 15.6 Å². The molecule has 98 valence electrons. The lowest BCUT2D eigenvalue weighted by molar-refractivity contribution is 0.157. The van der Waals surface area contributed by atoms with Gasteiger partial charge in [0.2, 0.25) is 0 Å². The zero-order valence-electron chi connectivity index (χ0n) is 11.5. The fourth-order valence-corrected chi connectivity index (χ4v) is 3.08. The summed E-state index contributed by atoms with van der Waals surface area (Å²) in [6.45, 7) is 9.33. The SMILES string of the molecule is CCCC(COC)NC(C)c1sc(C)nc1C. The van der Waals surface area contributed by atoms with Crippen molar-refractivity contribution in [2.24, 2.45) is 0 Å². The van der Waals surface area contributed by atoms with E-state index in [1.807, 2.05) is 0 Å². The molecular weight excluding hydrogens is 232 g/mol. The number of nitrogens with zero attached hydrogens (tertiary/aromatic N) is 1. The first-order valence-corrected chi connectivity index (χ1v) is 7.09. The Morgan fingerprint density at radius 3 is 2.59 bits per heavy atom. The van der Waals surface area contributed by atoms with Crippen LogP contribution in [0.3, 0.4) is 0 Å². The highest BCUT2D eigenvalue weighted by molar-refractivity contribution is 7.11.